The van der Waals surface area contributed by atoms with Crippen LogP contribution in [0, 0.1) is 5.82 Å². The summed E-state index contributed by atoms with van der Waals surface area (Å²) < 4.78 is 18.6. The molecular formula is C14H21FN2O2. The number of hydrogen-bond acceptors (Lipinski definition) is 3. The van der Waals surface area contributed by atoms with E-state index in [2.05, 4.69) is 10.6 Å². The van der Waals surface area contributed by atoms with E-state index in [1.807, 2.05) is 13.8 Å². The first kappa shape index (κ1) is 15.4. The minimum absolute atomic E-state index is 0.0230. The first-order valence-corrected chi connectivity index (χ1v) is 6.42. The normalized spacial score (nSPS) is 12.0. The van der Waals surface area contributed by atoms with Gasteiger partial charge >= 0.3 is 0 Å². The standard InChI is InChI=1S/C14H21FN2O2/c1-4-16-13-11(6-5-7-12(13)15)14(18)17-10(2)8-9-19-3/h5-7,10,16H,4,8-9H2,1-3H3,(H,17,18). The number of methoxy groups -OCH3 is 1. The molecule has 1 amide bonds. The molecular weight excluding hydrogens is 247 g/mol. The fourth-order valence-corrected chi connectivity index (χ4v) is 1.74. The van der Waals surface area contributed by atoms with Crippen LogP contribution in [0.3, 0.4) is 0 Å². The molecule has 0 bridgehead atoms. The van der Waals surface area contributed by atoms with Crippen LogP contribution < -0.4 is 10.6 Å². The van der Waals surface area contributed by atoms with Crippen molar-refractivity contribution in [1.29, 1.82) is 0 Å². The van der Waals surface area contributed by atoms with Crippen LogP contribution in [0.25, 0.3) is 0 Å². The summed E-state index contributed by atoms with van der Waals surface area (Å²) in [6, 6.07) is 4.46. The van der Waals surface area contributed by atoms with Gasteiger partial charge in [-0.15, -0.1) is 0 Å². The van der Waals surface area contributed by atoms with Gasteiger partial charge in [-0.2, -0.15) is 0 Å². The van der Waals surface area contributed by atoms with Crippen LogP contribution in [0.4, 0.5) is 10.1 Å². The first-order valence-electron chi connectivity index (χ1n) is 6.42. The van der Waals surface area contributed by atoms with Gasteiger partial charge in [0.2, 0.25) is 0 Å². The fourth-order valence-electron chi connectivity index (χ4n) is 1.74. The van der Waals surface area contributed by atoms with E-state index in [4.69, 9.17) is 4.74 Å². The van der Waals surface area contributed by atoms with Gasteiger partial charge in [0.1, 0.15) is 5.82 Å². The zero-order valence-corrected chi connectivity index (χ0v) is 11.6. The summed E-state index contributed by atoms with van der Waals surface area (Å²) in [5, 5.41) is 5.71. The number of anilines is 1. The molecule has 0 radical (unpaired) electrons. The van der Waals surface area contributed by atoms with E-state index in [1.54, 1.807) is 13.2 Å². The summed E-state index contributed by atoms with van der Waals surface area (Å²) >= 11 is 0. The molecule has 106 valence electrons. The number of halogens is 1. The summed E-state index contributed by atoms with van der Waals surface area (Å²) in [4.78, 5) is 12.1. The molecule has 0 aliphatic rings. The summed E-state index contributed by atoms with van der Waals surface area (Å²) in [5.41, 5.74) is 0.576. The lowest BCUT2D eigenvalue weighted by Gasteiger charge is -2.16. The lowest BCUT2D eigenvalue weighted by Crippen LogP contribution is -2.34. The maximum Gasteiger partial charge on any atom is 0.253 e. The summed E-state index contributed by atoms with van der Waals surface area (Å²) in [6.45, 7) is 4.88. The van der Waals surface area contributed by atoms with Crippen molar-refractivity contribution in [2.75, 3.05) is 25.6 Å². The Morgan fingerprint density at radius 1 is 1.47 bits per heavy atom. The summed E-state index contributed by atoms with van der Waals surface area (Å²) in [5.74, 6) is -0.696. The Balaban J connectivity index is 2.78. The van der Waals surface area contributed by atoms with E-state index < -0.39 is 5.82 Å². The van der Waals surface area contributed by atoms with E-state index in [-0.39, 0.29) is 17.6 Å². The smallest absolute Gasteiger partial charge is 0.253 e. The molecule has 1 atom stereocenters. The van der Waals surface area contributed by atoms with Crippen LogP contribution in [0.1, 0.15) is 30.6 Å². The highest BCUT2D eigenvalue weighted by molar-refractivity contribution is 5.99. The van der Waals surface area contributed by atoms with Crippen LogP contribution >= 0.6 is 0 Å². The topological polar surface area (TPSA) is 50.4 Å². The zero-order valence-electron chi connectivity index (χ0n) is 11.6. The highest BCUT2D eigenvalue weighted by atomic mass is 19.1. The largest absolute Gasteiger partial charge is 0.385 e. The van der Waals surface area contributed by atoms with Crippen LogP contribution in [-0.2, 0) is 4.74 Å². The van der Waals surface area contributed by atoms with Crippen molar-refractivity contribution in [1.82, 2.24) is 5.32 Å². The average Bonchev–Trinajstić information content (AvgIpc) is 2.38. The molecule has 4 nitrogen and oxygen atoms in total. The molecule has 0 heterocycles. The van der Waals surface area contributed by atoms with E-state index in [0.29, 0.717) is 25.1 Å². The minimum Gasteiger partial charge on any atom is -0.385 e. The predicted molar refractivity (Wildman–Crippen MR) is 74.0 cm³/mol. The molecule has 0 aromatic heterocycles. The van der Waals surface area contributed by atoms with E-state index >= 15 is 0 Å². The monoisotopic (exact) mass is 268 g/mol. The zero-order chi connectivity index (χ0) is 14.3. The van der Waals surface area contributed by atoms with Crippen molar-refractivity contribution < 1.29 is 13.9 Å². The highest BCUT2D eigenvalue weighted by Crippen LogP contribution is 2.19. The van der Waals surface area contributed by atoms with Crippen molar-refractivity contribution in [2.24, 2.45) is 0 Å². The van der Waals surface area contributed by atoms with E-state index in [1.165, 1.54) is 12.1 Å². The van der Waals surface area contributed by atoms with E-state index in [0.717, 1.165) is 0 Å². The van der Waals surface area contributed by atoms with Crippen molar-refractivity contribution >= 4 is 11.6 Å². The Morgan fingerprint density at radius 2 is 2.21 bits per heavy atom. The van der Waals surface area contributed by atoms with Gasteiger partial charge in [0.15, 0.2) is 0 Å². The Morgan fingerprint density at radius 3 is 2.84 bits per heavy atom. The van der Waals surface area contributed by atoms with Crippen molar-refractivity contribution in [3.8, 4) is 0 Å². The quantitative estimate of drug-likeness (QED) is 0.798. The Hall–Kier alpha value is -1.62. The molecule has 0 fully saturated rings. The lowest BCUT2D eigenvalue weighted by atomic mass is 10.1. The highest BCUT2D eigenvalue weighted by Gasteiger charge is 2.16. The molecule has 1 aromatic rings. The third-order valence-corrected chi connectivity index (χ3v) is 2.74. The lowest BCUT2D eigenvalue weighted by molar-refractivity contribution is 0.0930. The van der Waals surface area contributed by atoms with Crippen LogP contribution in [0.15, 0.2) is 18.2 Å². The number of nitrogens with one attached hydrogen (secondary N) is 2. The van der Waals surface area contributed by atoms with Gasteiger partial charge in [-0.25, -0.2) is 4.39 Å². The minimum atomic E-state index is -0.418. The third kappa shape index (κ3) is 4.52. The van der Waals surface area contributed by atoms with Crippen LogP contribution in [-0.4, -0.2) is 32.2 Å². The molecule has 19 heavy (non-hydrogen) atoms. The number of carbonyl (C=O) groups is 1. The van der Waals surface area contributed by atoms with Crippen LogP contribution in [0.2, 0.25) is 0 Å². The molecule has 2 N–H and O–H groups in total. The third-order valence-electron chi connectivity index (χ3n) is 2.74. The van der Waals surface area contributed by atoms with Crippen molar-refractivity contribution in [3.63, 3.8) is 0 Å². The number of rotatable bonds is 7. The number of benzene rings is 1. The molecule has 5 heteroatoms. The number of hydrogen-bond donors (Lipinski definition) is 2. The molecule has 0 aliphatic heterocycles. The number of carbonyl (C=O) groups excluding carboxylic acids is 1. The number of ether oxygens (including phenoxy) is 1. The molecule has 1 aromatic carbocycles. The SMILES string of the molecule is CCNc1c(F)cccc1C(=O)NC(C)CCOC. The molecule has 0 aliphatic carbocycles. The van der Waals surface area contributed by atoms with E-state index in [9.17, 15) is 9.18 Å². The van der Waals surface area contributed by atoms with Gasteiger partial charge in [-0.3, -0.25) is 4.79 Å². The van der Waals surface area contributed by atoms with Gasteiger partial charge in [0.05, 0.1) is 11.3 Å². The van der Waals surface area contributed by atoms with Crippen molar-refractivity contribution in [2.45, 2.75) is 26.3 Å². The molecule has 0 saturated heterocycles. The average molecular weight is 268 g/mol. The Kier molecular flexibility index (Phi) is 6.29. The Labute approximate surface area is 113 Å². The summed E-state index contributed by atoms with van der Waals surface area (Å²) in [6.07, 6.45) is 0.716. The molecule has 0 spiro atoms. The number of para-hydroxylation sites is 1. The molecule has 1 unspecified atom stereocenters. The summed E-state index contributed by atoms with van der Waals surface area (Å²) in [7, 11) is 1.62. The van der Waals surface area contributed by atoms with Crippen LogP contribution in [0.5, 0.6) is 0 Å². The second-order valence-corrected chi connectivity index (χ2v) is 4.35. The maximum absolute atomic E-state index is 13.7. The van der Waals surface area contributed by atoms with Gasteiger partial charge in [0, 0.05) is 26.3 Å². The molecule has 0 saturated carbocycles. The first-order chi connectivity index (χ1) is 9.10. The number of amides is 1. The fraction of sp³-hybridized carbons (Fsp3) is 0.500. The van der Waals surface area contributed by atoms with Crippen molar-refractivity contribution in [3.05, 3.63) is 29.6 Å². The molecule has 1 rings (SSSR count). The van der Waals surface area contributed by atoms with Gasteiger partial charge in [-0.05, 0) is 32.4 Å². The van der Waals surface area contributed by atoms with Gasteiger partial charge in [-0.1, -0.05) is 6.07 Å². The second-order valence-electron chi connectivity index (χ2n) is 4.35. The van der Waals surface area contributed by atoms with Gasteiger partial charge < -0.3 is 15.4 Å². The predicted octanol–water partition coefficient (Wildman–Crippen LogP) is 2.41. The Bertz CT molecular complexity index is 424. The van der Waals surface area contributed by atoms with Gasteiger partial charge in [0.25, 0.3) is 5.91 Å². The second kappa shape index (κ2) is 7.74. The maximum atomic E-state index is 13.7.